The number of aromatic nitrogens is 1. The Morgan fingerprint density at radius 2 is 2.08 bits per heavy atom. The van der Waals surface area contributed by atoms with E-state index >= 15 is 0 Å². The van der Waals surface area contributed by atoms with Gasteiger partial charge in [0.15, 0.2) is 0 Å². The van der Waals surface area contributed by atoms with Crippen molar-refractivity contribution in [2.75, 3.05) is 6.54 Å². The van der Waals surface area contributed by atoms with E-state index in [-0.39, 0.29) is 29.8 Å². The van der Waals surface area contributed by atoms with E-state index in [1.807, 2.05) is 6.07 Å². The molecule has 5 nitrogen and oxygen atoms in total. The minimum atomic E-state index is -4.56. The van der Waals surface area contributed by atoms with Gasteiger partial charge in [0.1, 0.15) is 11.8 Å². The third-order valence-corrected chi connectivity index (χ3v) is 4.21. The van der Waals surface area contributed by atoms with Crippen LogP contribution in [0.5, 0.6) is 0 Å². The molecule has 8 heteroatoms. The van der Waals surface area contributed by atoms with Gasteiger partial charge in [0.25, 0.3) is 5.91 Å². The lowest BCUT2D eigenvalue weighted by atomic mass is 9.97. The molecule has 2 atom stereocenters. The zero-order chi connectivity index (χ0) is 18.2. The van der Waals surface area contributed by atoms with Gasteiger partial charge < -0.3 is 15.0 Å². The number of hydrogen-bond acceptors (Lipinski definition) is 3. The standard InChI is InChI=1S/C17H14F3N3O2/c18-17(19,20)13-4-2-1-3-12(13)15-6-11(24)9-23(15)16(25)14-5-10(7-21)8-22-14/h1-5,8,11,15,22,24H,6,9H2/t11-,15-/m0/s1. The van der Waals surface area contributed by atoms with Crippen LogP contribution in [0.3, 0.4) is 0 Å². The minimum Gasteiger partial charge on any atom is -0.391 e. The van der Waals surface area contributed by atoms with E-state index in [1.165, 1.54) is 35.4 Å². The molecule has 130 valence electrons. The number of β-amino-alcohol motifs (C(OH)–C–C–N with tert-alkyl or cyclic N) is 1. The number of aromatic amines is 1. The molecule has 2 aromatic rings. The molecule has 0 radical (unpaired) electrons. The Labute approximate surface area is 141 Å². The Bertz CT molecular complexity index is 838. The first kappa shape index (κ1) is 17.0. The largest absolute Gasteiger partial charge is 0.416 e. The van der Waals surface area contributed by atoms with Gasteiger partial charge in [-0.1, -0.05) is 18.2 Å². The van der Waals surface area contributed by atoms with Gasteiger partial charge in [0, 0.05) is 12.7 Å². The lowest BCUT2D eigenvalue weighted by Gasteiger charge is -2.26. The molecule has 1 aliphatic rings. The van der Waals surface area contributed by atoms with Crippen molar-refractivity contribution >= 4 is 5.91 Å². The van der Waals surface area contributed by atoms with Crippen LogP contribution in [-0.4, -0.2) is 33.5 Å². The molecule has 25 heavy (non-hydrogen) atoms. The van der Waals surface area contributed by atoms with Crippen molar-refractivity contribution in [1.29, 1.82) is 5.26 Å². The summed E-state index contributed by atoms with van der Waals surface area (Å²) in [7, 11) is 0. The van der Waals surface area contributed by atoms with E-state index in [2.05, 4.69) is 4.98 Å². The zero-order valence-electron chi connectivity index (χ0n) is 12.9. The van der Waals surface area contributed by atoms with Gasteiger partial charge in [0.2, 0.25) is 0 Å². The first-order valence-corrected chi connectivity index (χ1v) is 7.55. The lowest BCUT2D eigenvalue weighted by Crippen LogP contribution is -2.32. The SMILES string of the molecule is N#Cc1c[nH]c(C(=O)N2C[C@@H](O)C[C@H]2c2ccccc2C(F)(F)F)c1. The van der Waals surface area contributed by atoms with Gasteiger partial charge in [-0.2, -0.15) is 18.4 Å². The Kier molecular flexibility index (Phi) is 4.27. The van der Waals surface area contributed by atoms with E-state index in [0.29, 0.717) is 0 Å². The van der Waals surface area contributed by atoms with Crippen molar-refractivity contribution in [2.45, 2.75) is 24.7 Å². The van der Waals surface area contributed by atoms with Crippen LogP contribution in [0.1, 0.15) is 39.6 Å². The number of hydrogen-bond donors (Lipinski definition) is 2. The molecule has 1 aromatic carbocycles. The number of carbonyl (C=O) groups is 1. The van der Waals surface area contributed by atoms with Crippen LogP contribution in [0, 0.1) is 11.3 Å². The molecule has 1 aliphatic heterocycles. The molecule has 2 N–H and O–H groups in total. The number of H-pyrrole nitrogens is 1. The maximum atomic E-state index is 13.3. The highest BCUT2D eigenvalue weighted by molar-refractivity contribution is 5.93. The van der Waals surface area contributed by atoms with Gasteiger partial charge in [-0.05, 0) is 24.1 Å². The smallest absolute Gasteiger partial charge is 0.391 e. The summed E-state index contributed by atoms with van der Waals surface area (Å²) < 4.78 is 39.9. The third-order valence-electron chi connectivity index (χ3n) is 4.21. The number of nitrogens with zero attached hydrogens (tertiary/aromatic N) is 2. The topological polar surface area (TPSA) is 80.1 Å². The molecule has 0 spiro atoms. The second-order valence-electron chi connectivity index (χ2n) is 5.86. The average molecular weight is 349 g/mol. The second kappa shape index (κ2) is 6.26. The predicted octanol–water partition coefficient (Wildman–Crippen LogP) is 2.85. The molecule has 0 aliphatic carbocycles. The monoisotopic (exact) mass is 349 g/mol. The van der Waals surface area contributed by atoms with Crippen LogP contribution in [0.15, 0.2) is 36.5 Å². The summed E-state index contributed by atoms with van der Waals surface area (Å²) in [4.78, 5) is 16.5. The number of nitriles is 1. The van der Waals surface area contributed by atoms with Gasteiger partial charge >= 0.3 is 6.18 Å². The van der Waals surface area contributed by atoms with E-state index in [4.69, 9.17) is 5.26 Å². The summed E-state index contributed by atoms with van der Waals surface area (Å²) in [5.74, 6) is -0.556. The van der Waals surface area contributed by atoms with Crippen molar-refractivity contribution in [3.8, 4) is 6.07 Å². The quantitative estimate of drug-likeness (QED) is 0.875. The zero-order valence-corrected chi connectivity index (χ0v) is 12.9. The number of halogens is 3. The number of rotatable bonds is 2. The molecule has 0 saturated carbocycles. The fraction of sp³-hybridized carbons (Fsp3) is 0.294. The molecule has 0 bridgehead atoms. The number of likely N-dealkylation sites (tertiary alicyclic amines) is 1. The highest BCUT2D eigenvalue weighted by Gasteiger charge is 2.41. The van der Waals surface area contributed by atoms with Crippen molar-refractivity contribution in [3.05, 3.63) is 58.9 Å². The highest BCUT2D eigenvalue weighted by atomic mass is 19.4. The number of amides is 1. The van der Waals surface area contributed by atoms with Gasteiger partial charge in [-0.15, -0.1) is 0 Å². The van der Waals surface area contributed by atoms with E-state index in [1.54, 1.807) is 0 Å². The number of aliphatic hydroxyl groups excluding tert-OH is 1. The predicted molar refractivity (Wildman–Crippen MR) is 81.4 cm³/mol. The van der Waals surface area contributed by atoms with E-state index < -0.39 is 29.8 Å². The maximum Gasteiger partial charge on any atom is 0.416 e. The summed E-state index contributed by atoms with van der Waals surface area (Å²) >= 11 is 0. The maximum absolute atomic E-state index is 13.3. The Morgan fingerprint density at radius 1 is 1.36 bits per heavy atom. The van der Waals surface area contributed by atoms with Crippen LogP contribution in [0.4, 0.5) is 13.2 Å². The van der Waals surface area contributed by atoms with Gasteiger partial charge in [0.05, 0.1) is 23.3 Å². The molecule has 1 saturated heterocycles. The molecule has 1 fully saturated rings. The third kappa shape index (κ3) is 3.23. The highest BCUT2D eigenvalue weighted by Crippen LogP contribution is 2.40. The van der Waals surface area contributed by atoms with Crippen molar-refractivity contribution in [3.63, 3.8) is 0 Å². The Morgan fingerprint density at radius 3 is 2.72 bits per heavy atom. The number of carbonyl (C=O) groups excluding carboxylic acids is 1. The first-order valence-electron chi connectivity index (χ1n) is 7.55. The second-order valence-corrected chi connectivity index (χ2v) is 5.86. The molecule has 0 unspecified atom stereocenters. The van der Waals surface area contributed by atoms with Crippen LogP contribution in [0.25, 0.3) is 0 Å². The average Bonchev–Trinajstić information content (AvgIpc) is 3.20. The Balaban J connectivity index is 1.98. The normalized spacial score (nSPS) is 20.5. The summed E-state index contributed by atoms with van der Waals surface area (Å²) in [5.41, 5.74) is -0.529. The molecule has 3 rings (SSSR count). The number of aliphatic hydroxyl groups is 1. The number of alkyl halides is 3. The lowest BCUT2D eigenvalue weighted by molar-refractivity contribution is -0.138. The summed E-state index contributed by atoms with van der Waals surface area (Å²) in [6.07, 6.45) is -4.11. The van der Waals surface area contributed by atoms with Gasteiger partial charge in [-0.25, -0.2) is 0 Å². The summed E-state index contributed by atoms with van der Waals surface area (Å²) in [6.45, 7) is -0.0728. The number of benzene rings is 1. The van der Waals surface area contributed by atoms with Crippen molar-refractivity contribution < 1.29 is 23.1 Å². The molecule has 1 amide bonds. The fourth-order valence-electron chi connectivity index (χ4n) is 3.12. The number of nitrogens with one attached hydrogen (secondary N) is 1. The first-order chi connectivity index (χ1) is 11.8. The molecular formula is C17H14F3N3O2. The van der Waals surface area contributed by atoms with Crippen LogP contribution < -0.4 is 0 Å². The molecule has 1 aromatic heterocycles. The van der Waals surface area contributed by atoms with Crippen LogP contribution in [-0.2, 0) is 6.18 Å². The van der Waals surface area contributed by atoms with Crippen molar-refractivity contribution in [1.82, 2.24) is 9.88 Å². The van der Waals surface area contributed by atoms with Crippen molar-refractivity contribution in [2.24, 2.45) is 0 Å². The van der Waals surface area contributed by atoms with E-state index in [0.717, 1.165) is 6.07 Å². The van der Waals surface area contributed by atoms with E-state index in [9.17, 15) is 23.1 Å². The van der Waals surface area contributed by atoms with Crippen LogP contribution in [0.2, 0.25) is 0 Å². The fourth-order valence-corrected chi connectivity index (χ4v) is 3.12. The Hall–Kier alpha value is -2.79. The summed E-state index contributed by atoms with van der Waals surface area (Å²) in [5, 5.41) is 18.8. The minimum absolute atomic E-state index is 0.0185. The van der Waals surface area contributed by atoms with Crippen LogP contribution >= 0.6 is 0 Å². The summed E-state index contributed by atoms with van der Waals surface area (Å²) in [6, 6.07) is 7.35. The molecular weight excluding hydrogens is 335 g/mol. The molecule has 2 heterocycles. The van der Waals surface area contributed by atoms with Gasteiger partial charge in [-0.3, -0.25) is 4.79 Å².